The molecular weight excluding hydrogens is 359 g/mol. The third-order valence-electron chi connectivity index (χ3n) is 4.70. The fraction of sp³-hybridized carbons (Fsp3) is 0.364. The van der Waals surface area contributed by atoms with Gasteiger partial charge in [-0.05, 0) is 32.4 Å². The summed E-state index contributed by atoms with van der Waals surface area (Å²) in [6.07, 6.45) is 1.14. The van der Waals surface area contributed by atoms with Crippen molar-refractivity contribution in [3.05, 3.63) is 72.6 Å². The van der Waals surface area contributed by atoms with Crippen LogP contribution in [0.5, 0.6) is 0 Å². The number of rotatable bonds is 6. The molecule has 1 saturated heterocycles. The van der Waals surface area contributed by atoms with E-state index >= 15 is 0 Å². The summed E-state index contributed by atoms with van der Waals surface area (Å²) in [5.74, 6) is 1.33. The number of hydrogen-bond acceptors (Lipinski definition) is 4. The molecule has 1 heterocycles. The largest absolute Gasteiger partial charge is 0.351 e. The minimum atomic E-state index is -0.915. The van der Waals surface area contributed by atoms with Crippen LogP contribution in [0.4, 0.5) is 0 Å². The number of benzene rings is 2. The summed E-state index contributed by atoms with van der Waals surface area (Å²) in [5, 5.41) is 2.59. The highest BCUT2D eigenvalue weighted by atomic mass is 31.1. The van der Waals surface area contributed by atoms with Crippen LogP contribution in [0.2, 0.25) is 0 Å². The molecule has 1 aliphatic heterocycles. The van der Waals surface area contributed by atoms with Crippen molar-refractivity contribution in [3.8, 4) is 0 Å². The topological polar surface area (TPSA) is 36.9 Å². The molecule has 3 rings (SSSR count). The molecule has 27 heavy (non-hydrogen) atoms. The average molecular weight is 386 g/mol. The molecule has 1 aliphatic rings. The van der Waals surface area contributed by atoms with E-state index in [-0.39, 0.29) is 12.2 Å². The van der Waals surface area contributed by atoms with Crippen molar-refractivity contribution in [2.75, 3.05) is 14.2 Å². The Kier molecular flexibility index (Phi) is 6.80. The maximum Gasteiger partial charge on any atom is 0.217 e. The molecular formula is C22H27O4P. The summed E-state index contributed by atoms with van der Waals surface area (Å²) in [5.41, 5.74) is 0. The monoisotopic (exact) mass is 386 g/mol. The SMILES string of the molecule is COC1OC(/C=C/P(c2ccccc2)c2ccccc2)[C@H](C)O[C@@]1(C)OC. The first-order valence-electron chi connectivity index (χ1n) is 9.06. The van der Waals surface area contributed by atoms with Gasteiger partial charge in [-0.2, -0.15) is 0 Å². The van der Waals surface area contributed by atoms with E-state index in [1.807, 2.05) is 26.0 Å². The van der Waals surface area contributed by atoms with Crippen LogP contribution in [-0.2, 0) is 18.9 Å². The van der Waals surface area contributed by atoms with Crippen molar-refractivity contribution >= 4 is 18.5 Å². The summed E-state index contributed by atoms with van der Waals surface area (Å²) in [7, 11) is 2.57. The quantitative estimate of drug-likeness (QED) is 0.709. The van der Waals surface area contributed by atoms with Gasteiger partial charge in [0.05, 0.1) is 6.10 Å². The average Bonchev–Trinajstić information content (AvgIpc) is 2.71. The highest BCUT2D eigenvalue weighted by Crippen LogP contribution is 2.37. The number of hydrogen-bond donors (Lipinski definition) is 0. The lowest BCUT2D eigenvalue weighted by molar-refractivity contribution is -0.392. The van der Waals surface area contributed by atoms with Gasteiger partial charge in [-0.25, -0.2) is 0 Å². The molecule has 0 radical (unpaired) electrons. The Hall–Kier alpha value is -1.55. The first-order chi connectivity index (χ1) is 13.1. The molecule has 0 aliphatic carbocycles. The van der Waals surface area contributed by atoms with Crippen LogP contribution in [0.3, 0.4) is 0 Å². The van der Waals surface area contributed by atoms with E-state index in [2.05, 4.69) is 60.4 Å². The van der Waals surface area contributed by atoms with Crippen molar-refractivity contribution in [2.24, 2.45) is 0 Å². The lowest BCUT2D eigenvalue weighted by atomic mass is 10.1. The van der Waals surface area contributed by atoms with E-state index in [1.165, 1.54) is 10.6 Å². The molecule has 4 atom stereocenters. The third-order valence-corrected chi connectivity index (χ3v) is 6.88. The summed E-state index contributed by atoms with van der Waals surface area (Å²) >= 11 is 0. The zero-order valence-electron chi connectivity index (χ0n) is 16.2. The number of ether oxygens (including phenoxy) is 4. The molecule has 2 unspecified atom stereocenters. The predicted octanol–water partition coefficient (Wildman–Crippen LogP) is 3.77. The summed E-state index contributed by atoms with van der Waals surface area (Å²) < 4.78 is 23.1. The zero-order chi connectivity index (χ0) is 19.3. The van der Waals surface area contributed by atoms with E-state index in [1.54, 1.807) is 14.2 Å². The van der Waals surface area contributed by atoms with Gasteiger partial charge in [-0.1, -0.05) is 72.6 Å². The second kappa shape index (κ2) is 9.09. The van der Waals surface area contributed by atoms with Gasteiger partial charge in [0.1, 0.15) is 6.10 Å². The molecule has 144 valence electrons. The maximum absolute atomic E-state index is 6.13. The van der Waals surface area contributed by atoms with Gasteiger partial charge in [0.15, 0.2) is 0 Å². The van der Waals surface area contributed by atoms with E-state index in [4.69, 9.17) is 18.9 Å². The fourth-order valence-corrected chi connectivity index (χ4v) is 5.12. The first-order valence-corrected chi connectivity index (χ1v) is 10.5. The molecule has 0 spiro atoms. The Balaban J connectivity index is 1.85. The number of methoxy groups -OCH3 is 2. The molecule has 2 aromatic carbocycles. The second-order valence-electron chi connectivity index (χ2n) is 6.59. The van der Waals surface area contributed by atoms with Gasteiger partial charge in [0.2, 0.25) is 12.1 Å². The van der Waals surface area contributed by atoms with Crippen LogP contribution >= 0.6 is 7.92 Å². The Morgan fingerprint density at radius 2 is 1.52 bits per heavy atom. The Labute approximate surface area is 162 Å². The van der Waals surface area contributed by atoms with Crippen LogP contribution < -0.4 is 10.6 Å². The molecule has 0 amide bonds. The standard InChI is InChI=1S/C22H27O4P/c1-17-20(25-21(23-3)22(2,24-4)26-17)15-16-27(18-11-7-5-8-12-18)19-13-9-6-10-14-19/h5-17,20-21H,1-4H3/b16-15+/t17-,20?,21?,22+/m0/s1. The molecule has 2 aromatic rings. The van der Waals surface area contributed by atoms with Crippen molar-refractivity contribution in [2.45, 2.75) is 38.1 Å². The van der Waals surface area contributed by atoms with Gasteiger partial charge in [-0.15, -0.1) is 0 Å². The van der Waals surface area contributed by atoms with E-state index in [0.29, 0.717) is 0 Å². The van der Waals surface area contributed by atoms with Gasteiger partial charge >= 0.3 is 0 Å². The normalized spacial score (nSPS) is 28.7. The fourth-order valence-electron chi connectivity index (χ4n) is 3.15. The third kappa shape index (κ3) is 4.66. The lowest BCUT2D eigenvalue weighted by Gasteiger charge is -2.44. The van der Waals surface area contributed by atoms with Gasteiger partial charge in [0.25, 0.3) is 0 Å². The van der Waals surface area contributed by atoms with Crippen molar-refractivity contribution in [3.63, 3.8) is 0 Å². The Morgan fingerprint density at radius 3 is 2.00 bits per heavy atom. The van der Waals surface area contributed by atoms with Crippen molar-refractivity contribution in [1.29, 1.82) is 0 Å². The second-order valence-corrected chi connectivity index (χ2v) is 8.66. The zero-order valence-corrected chi connectivity index (χ0v) is 17.1. The van der Waals surface area contributed by atoms with Crippen LogP contribution in [0.15, 0.2) is 72.6 Å². The first kappa shape index (κ1) is 20.2. The summed E-state index contributed by atoms with van der Waals surface area (Å²) in [6, 6.07) is 21.1. The van der Waals surface area contributed by atoms with Gasteiger partial charge in [0, 0.05) is 14.2 Å². The van der Waals surface area contributed by atoms with Crippen LogP contribution in [-0.4, -0.2) is 38.5 Å². The summed E-state index contributed by atoms with van der Waals surface area (Å²) in [6.45, 7) is 3.82. The molecule has 1 fully saturated rings. The lowest BCUT2D eigenvalue weighted by Crippen LogP contribution is -2.56. The molecule has 4 nitrogen and oxygen atoms in total. The molecule has 0 N–H and O–H groups in total. The van der Waals surface area contributed by atoms with Gasteiger partial charge in [-0.3, -0.25) is 0 Å². The van der Waals surface area contributed by atoms with E-state index < -0.39 is 20.0 Å². The highest BCUT2D eigenvalue weighted by molar-refractivity contribution is 7.75. The summed E-state index contributed by atoms with van der Waals surface area (Å²) in [4.78, 5) is 0. The molecule has 0 aromatic heterocycles. The smallest absolute Gasteiger partial charge is 0.217 e. The highest BCUT2D eigenvalue weighted by Gasteiger charge is 2.45. The predicted molar refractivity (Wildman–Crippen MR) is 110 cm³/mol. The van der Waals surface area contributed by atoms with Crippen LogP contribution in [0.25, 0.3) is 0 Å². The molecule has 5 heteroatoms. The minimum absolute atomic E-state index is 0.152. The Bertz CT molecular complexity index is 697. The van der Waals surface area contributed by atoms with Gasteiger partial charge < -0.3 is 18.9 Å². The maximum atomic E-state index is 6.13. The van der Waals surface area contributed by atoms with E-state index in [0.717, 1.165) is 0 Å². The molecule has 0 bridgehead atoms. The Morgan fingerprint density at radius 1 is 0.963 bits per heavy atom. The van der Waals surface area contributed by atoms with Crippen molar-refractivity contribution < 1.29 is 18.9 Å². The van der Waals surface area contributed by atoms with Crippen molar-refractivity contribution in [1.82, 2.24) is 0 Å². The van der Waals surface area contributed by atoms with Crippen LogP contribution in [0, 0.1) is 0 Å². The van der Waals surface area contributed by atoms with E-state index in [9.17, 15) is 0 Å². The van der Waals surface area contributed by atoms with Crippen LogP contribution in [0.1, 0.15) is 13.8 Å². The minimum Gasteiger partial charge on any atom is -0.351 e. The molecule has 0 saturated carbocycles.